The Balaban J connectivity index is 1.53. The fraction of sp³-hybridized carbons (Fsp3) is 0.556. The summed E-state index contributed by atoms with van der Waals surface area (Å²) in [5.41, 5.74) is 0.739. The van der Waals surface area contributed by atoms with Crippen LogP contribution in [0.1, 0.15) is 26.5 Å². The van der Waals surface area contributed by atoms with Crippen molar-refractivity contribution in [2.24, 2.45) is 5.92 Å². The van der Waals surface area contributed by atoms with E-state index in [1.807, 2.05) is 6.07 Å². The van der Waals surface area contributed by atoms with E-state index < -0.39 is 0 Å². The lowest BCUT2D eigenvalue weighted by Gasteiger charge is -2.39. The van der Waals surface area contributed by atoms with Gasteiger partial charge in [0.05, 0.1) is 18.4 Å². The molecule has 2 aromatic heterocycles. The number of hydrogen-bond donors (Lipinski definition) is 0. The third kappa shape index (κ3) is 4.22. The predicted octanol–water partition coefficient (Wildman–Crippen LogP) is 0.730. The SMILES string of the molecule is CC(C)(C)c1ccc(=O)n(CC2CN(CCn3ccncc3=O)C2)n1. The maximum Gasteiger partial charge on any atom is 0.269 e. The molecular formula is C18H25N5O2. The zero-order valence-corrected chi connectivity index (χ0v) is 15.1. The topological polar surface area (TPSA) is 73.0 Å². The van der Waals surface area contributed by atoms with Crippen LogP contribution in [0.25, 0.3) is 0 Å². The molecule has 0 unspecified atom stereocenters. The smallest absolute Gasteiger partial charge is 0.269 e. The first-order valence-corrected chi connectivity index (χ1v) is 8.64. The van der Waals surface area contributed by atoms with Gasteiger partial charge in [-0.15, -0.1) is 0 Å². The van der Waals surface area contributed by atoms with Gasteiger partial charge in [0.25, 0.3) is 11.1 Å². The summed E-state index contributed by atoms with van der Waals surface area (Å²) < 4.78 is 3.26. The van der Waals surface area contributed by atoms with E-state index in [1.165, 1.54) is 6.20 Å². The lowest BCUT2D eigenvalue weighted by Crippen LogP contribution is -2.50. The zero-order chi connectivity index (χ0) is 18.0. The lowest BCUT2D eigenvalue weighted by molar-refractivity contribution is 0.0799. The standard InChI is InChI=1S/C18H25N5O2/c1-18(2,3)15-4-5-16(24)23(20-15)13-14-11-21(12-14)8-9-22-7-6-19-10-17(22)25/h4-7,10,14H,8-9,11-13H2,1-3H3. The van der Waals surface area contributed by atoms with E-state index in [-0.39, 0.29) is 16.5 Å². The molecule has 1 aliphatic rings. The monoisotopic (exact) mass is 343 g/mol. The number of hydrogen-bond acceptors (Lipinski definition) is 5. The third-order valence-electron chi connectivity index (χ3n) is 4.56. The zero-order valence-electron chi connectivity index (χ0n) is 15.1. The Hall–Kier alpha value is -2.28. The van der Waals surface area contributed by atoms with Crippen molar-refractivity contribution < 1.29 is 0 Å². The summed E-state index contributed by atoms with van der Waals surface area (Å²) >= 11 is 0. The van der Waals surface area contributed by atoms with E-state index >= 15 is 0 Å². The van der Waals surface area contributed by atoms with Gasteiger partial charge in [-0.2, -0.15) is 5.10 Å². The molecule has 25 heavy (non-hydrogen) atoms. The predicted molar refractivity (Wildman–Crippen MR) is 95.6 cm³/mol. The van der Waals surface area contributed by atoms with Gasteiger partial charge in [-0.05, 0) is 6.07 Å². The molecule has 134 valence electrons. The number of likely N-dealkylation sites (tertiary alicyclic amines) is 1. The summed E-state index contributed by atoms with van der Waals surface area (Å²) in [6, 6.07) is 3.43. The molecule has 7 heteroatoms. The summed E-state index contributed by atoms with van der Waals surface area (Å²) in [6.07, 6.45) is 4.67. The molecule has 0 N–H and O–H groups in total. The van der Waals surface area contributed by atoms with Crippen molar-refractivity contribution in [1.29, 1.82) is 0 Å². The lowest BCUT2D eigenvalue weighted by atomic mass is 9.92. The second-order valence-corrected chi connectivity index (χ2v) is 7.72. The van der Waals surface area contributed by atoms with Gasteiger partial charge in [-0.3, -0.25) is 14.6 Å². The van der Waals surface area contributed by atoms with Crippen LogP contribution in [0, 0.1) is 5.92 Å². The normalized spacial score (nSPS) is 16.0. The summed E-state index contributed by atoms with van der Waals surface area (Å²) in [4.78, 5) is 29.8. The molecule has 7 nitrogen and oxygen atoms in total. The van der Waals surface area contributed by atoms with Gasteiger partial charge < -0.3 is 9.47 Å². The highest BCUT2D eigenvalue weighted by Gasteiger charge is 2.27. The fourth-order valence-corrected chi connectivity index (χ4v) is 3.01. The van der Waals surface area contributed by atoms with Crippen LogP contribution in [-0.4, -0.2) is 43.9 Å². The van der Waals surface area contributed by atoms with Gasteiger partial charge >= 0.3 is 0 Å². The highest BCUT2D eigenvalue weighted by atomic mass is 16.1. The van der Waals surface area contributed by atoms with Gasteiger partial charge in [0.15, 0.2) is 0 Å². The van der Waals surface area contributed by atoms with Crippen molar-refractivity contribution in [3.05, 3.63) is 57.1 Å². The molecule has 0 spiro atoms. The molecule has 1 fully saturated rings. The Labute approximate surface area is 146 Å². The van der Waals surface area contributed by atoms with Crippen LogP contribution in [-0.2, 0) is 18.5 Å². The fourth-order valence-electron chi connectivity index (χ4n) is 3.01. The van der Waals surface area contributed by atoms with Crippen LogP contribution < -0.4 is 11.1 Å². The molecule has 0 bridgehead atoms. The van der Waals surface area contributed by atoms with Crippen molar-refractivity contribution in [3.63, 3.8) is 0 Å². The van der Waals surface area contributed by atoms with Crippen molar-refractivity contribution in [2.45, 2.75) is 39.3 Å². The quantitative estimate of drug-likeness (QED) is 0.800. The first-order valence-electron chi connectivity index (χ1n) is 8.64. The average Bonchev–Trinajstić information content (AvgIpc) is 2.51. The van der Waals surface area contributed by atoms with Crippen LogP contribution in [0.2, 0.25) is 0 Å². The molecule has 0 aromatic carbocycles. The van der Waals surface area contributed by atoms with Gasteiger partial charge in [0.1, 0.15) is 0 Å². The van der Waals surface area contributed by atoms with Gasteiger partial charge in [0, 0.05) is 56.0 Å². The Kier molecular flexibility index (Phi) is 4.85. The number of aromatic nitrogens is 4. The first kappa shape index (κ1) is 17.5. The van der Waals surface area contributed by atoms with Gasteiger partial charge in [-0.25, -0.2) is 4.68 Å². The van der Waals surface area contributed by atoms with Crippen molar-refractivity contribution in [3.8, 4) is 0 Å². The van der Waals surface area contributed by atoms with E-state index in [0.717, 1.165) is 25.3 Å². The minimum atomic E-state index is -0.0747. The second-order valence-electron chi connectivity index (χ2n) is 7.72. The summed E-state index contributed by atoms with van der Waals surface area (Å²) in [5.74, 6) is 0.426. The van der Waals surface area contributed by atoms with Crippen molar-refractivity contribution >= 4 is 0 Å². The summed E-state index contributed by atoms with van der Waals surface area (Å²) in [6.45, 7) is 10.3. The van der Waals surface area contributed by atoms with E-state index in [9.17, 15) is 9.59 Å². The minimum absolute atomic E-state index is 0.0465. The van der Waals surface area contributed by atoms with E-state index in [2.05, 4.69) is 35.8 Å². The molecule has 3 heterocycles. The Morgan fingerprint density at radius 2 is 1.88 bits per heavy atom. The Bertz CT molecular complexity index is 843. The van der Waals surface area contributed by atoms with Crippen LogP contribution in [0.5, 0.6) is 0 Å². The summed E-state index contributed by atoms with van der Waals surface area (Å²) in [7, 11) is 0. The van der Waals surface area contributed by atoms with Gasteiger partial charge in [-0.1, -0.05) is 20.8 Å². The summed E-state index contributed by atoms with van der Waals surface area (Å²) in [5, 5.41) is 4.53. The molecule has 1 aliphatic heterocycles. The molecule has 0 aliphatic carbocycles. The molecular weight excluding hydrogens is 318 g/mol. The van der Waals surface area contributed by atoms with Crippen molar-refractivity contribution in [1.82, 2.24) is 24.2 Å². The van der Waals surface area contributed by atoms with E-state index in [1.54, 1.807) is 27.7 Å². The van der Waals surface area contributed by atoms with Crippen LogP contribution in [0.15, 0.2) is 40.3 Å². The largest absolute Gasteiger partial charge is 0.311 e. The molecule has 0 radical (unpaired) electrons. The van der Waals surface area contributed by atoms with E-state index in [4.69, 9.17) is 0 Å². The average molecular weight is 343 g/mol. The van der Waals surface area contributed by atoms with Crippen LogP contribution >= 0.6 is 0 Å². The minimum Gasteiger partial charge on any atom is -0.311 e. The van der Waals surface area contributed by atoms with Crippen molar-refractivity contribution in [2.75, 3.05) is 19.6 Å². The maximum atomic E-state index is 12.0. The molecule has 3 rings (SSSR count). The molecule has 0 atom stereocenters. The number of rotatable bonds is 5. The molecule has 0 saturated carbocycles. The van der Waals surface area contributed by atoms with Crippen LogP contribution in [0.3, 0.4) is 0 Å². The molecule has 2 aromatic rings. The third-order valence-corrected chi connectivity index (χ3v) is 4.56. The van der Waals surface area contributed by atoms with E-state index in [0.29, 0.717) is 19.0 Å². The van der Waals surface area contributed by atoms with Gasteiger partial charge in [0.2, 0.25) is 0 Å². The number of nitrogens with zero attached hydrogens (tertiary/aromatic N) is 5. The highest BCUT2D eigenvalue weighted by molar-refractivity contribution is 5.10. The second kappa shape index (κ2) is 6.92. The Morgan fingerprint density at radius 3 is 2.56 bits per heavy atom. The Morgan fingerprint density at radius 1 is 1.12 bits per heavy atom. The van der Waals surface area contributed by atoms with Crippen LogP contribution in [0.4, 0.5) is 0 Å². The molecule has 1 saturated heterocycles. The maximum absolute atomic E-state index is 12.0. The highest BCUT2D eigenvalue weighted by Crippen LogP contribution is 2.19. The first-order chi connectivity index (χ1) is 11.8. The molecule has 0 amide bonds.